The Bertz CT molecular complexity index is 797. The molecule has 0 unspecified atom stereocenters. The number of aryl methyl sites for hydroxylation is 3. The number of hydrogen-bond acceptors (Lipinski definition) is 5. The molecule has 2 aromatic rings. The van der Waals surface area contributed by atoms with Crippen LogP contribution in [0.15, 0.2) is 12.4 Å². The molecule has 1 aliphatic rings. The summed E-state index contributed by atoms with van der Waals surface area (Å²) in [6, 6.07) is 0. The number of esters is 1. The lowest BCUT2D eigenvalue weighted by atomic mass is 9.95. The molecule has 0 saturated carbocycles. The molecule has 140 valence electrons. The van der Waals surface area contributed by atoms with Crippen LogP contribution in [0.3, 0.4) is 0 Å². The summed E-state index contributed by atoms with van der Waals surface area (Å²) in [5, 5.41) is 12.0. The van der Waals surface area contributed by atoms with Crippen LogP contribution < -0.4 is 10.6 Å². The van der Waals surface area contributed by atoms with Gasteiger partial charge < -0.3 is 15.4 Å². The standard InChI is InChI=1S/C18H24N4O2S2/c1-12-10-20-22(11-12)9-5-8-19-18(25)21-16-15(17(23)24-2)13-6-3-4-7-14(13)26-16/h10-11H,3-9H2,1-2H3,(H2,19,21,25). The summed E-state index contributed by atoms with van der Waals surface area (Å²) in [5.41, 5.74) is 2.95. The number of rotatable bonds is 6. The number of methoxy groups -OCH3 is 1. The SMILES string of the molecule is COC(=O)c1c(NC(=S)NCCCn2cc(C)cn2)sc2c1CCCC2. The summed E-state index contributed by atoms with van der Waals surface area (Å²) < 4.78 is 6.91. The zero-order valence-corrected chi connectivity index (χ0v) is 16.8. The number of thiophene rings is 1. The van der Waals surface area contributed by atoms with Gasteiger partial charge in [0.2, 0.25) is 0 Å². The number of carbonyl (C=O) groups excluding carboxylic acids is 1. The maximum absolute atomic E-state index is 12.2. The van der Waals surface area contributed by atoms with Crippen molar-refractivity contribution in [3.63, 3.8) is 0 Å². The topological polar surface area (TPSA) is 68.2 Å². The molecule has 3 rings (SSSR count). The third kappa shape index (κ3) is 4.42. The van der Waals surface area contributed by atoms with Gasteiger partial charge in [-0.15, -0.1) is 11.3 Å². The van der Waals surface area contributed by atoms with Crippen LogP contribution in [-0.2, 0) is 24.1 Å². The summed E-state index contributed by atoms with van der Waals surface area (Å²) in [4.78, 5) is 13.5. The lowest BCUT2D eigenvalue weighted by Crippen LogP contribution is -2.30. The number of thiocarbonyl (C=S) groups is 1. The summed E-state index contributed by atoms with van der Waals surface area (Å²) in [6.45, 7) is 3.61. The van der Waals surface area contributed by atoms with Gasteiger partial charge in [0, 0.05) is 24.2 Å². The maximum Gasteiger partial charge on any atom is 0.341 e. The smallest absolute Gasteiger partial charge is 0.341 e. The van der Waals surface area contributed by atoms with E-state index in [1.54, 1.807) is 11.3 Å². The van der Waals surface area contributed by atoms with Gasteiger partial charge in [-0.3, -0.25) is 4.68 Å². The summed E-state index contributed by atoms with van der Waals surface area (Å²) >= 11 is 7.02. The molecule has 0 saturated heterocycles. The molecule has 0 fully saturated rings. The number of ether oxygens (including phenoxy) is 1. The Morgan fingerprint density at radius 1 is 1.42 bits per heavy atom. The van der Waals surface area contributed by atoms with Crippen molar-refractivity contribution < 1.29 is 9.53 Å². The zero-order chi connectivity index (χ0) is 18.5. The van der Waals surface area contributed by atoms with Gasteiger partial charge in [-0.1, -0.05) is 0 Å². The molecule has 6 nitrogen and oxygen atoms in total. The number of anilines is 1. The number of fused-ring (bicyclic) bond motifs is 1. The van der Waals surface area contributed by atoms with E-state index in [2.05, 4.69) is 15.7 Å². The highest BCUT2D eigenvalue weighted by Gasteiger charge is 2.26. The first-order chi connectivity index (χ1) is 12.6. The van der Waals surface area contributed by atoms with Crippen LogP contribution >= 0.6 is 23.6 Å². The van der Waals surface area contributed by atoms with Crippen molar-refractivity contribution in [2.75, 3.05) is 19.0 Å². The van der Waals surface area contributed by atoms with Gasteiger partial charge in [-0.05, 0) is 62.4 Å². The van der Waals surface area contributed by atoms with Gasteiger partial charge in [-0.2, -0.15) is 5.10 Å². The van der Waals surface area contributed by atoms with Gasteiger partial charge in [0.25, 0.3) is 0 Å². The number of aromatic nitrogens is 2. The third-order valence-corrected chi connectivity index (χ3v) is 5.85. The van der Waals surface area contributed by atoms with Crippen LogP contribution in [0.2, 0.25) is 0 Å². The van der Waals surface area contributed by atoms with Crippen molar-refractivity contribution >= 4 is 39.6 Å². The summed E-state index contributed by atoms with van der Waals surface area (Å²) in [6.07, 6.45) is 9.03. The molecule has 0 atom stereocenters. The van der Waals surface area contributed by atoms with Gasteiger partial charge in [0.05, 0.1) is 18.9 Å². The van der Waals surface area contributed by atoms with Crippen molar-refractivity contribution in [2.45, 2.75) is 45.6 Å². The predicted octanol–water partition coefficient (Wildman–Crippen LogP) is 3.30. The molecule has 0 radical (unpaired) electrons. The number of nitrogens with one attached hydrogen (secondary N) is 2. The highest BCUT2D eigenvalue weighted by molar-refractivity contribution is 7.80. The lowest BCUT2D eigenvalue weighted by molar-refractivity contribution is 0.0601. The lowest BCUT2D eigenvalue weighted by Gasteiger charge is -2.12. The normalized spacial score (nSPS) is 13.2. The fraction of sp³-hybridized carbons (Fsp3) is 0.500. The molecule has 0 bridgehead atoms. The Labute approximate surface area is 162 Å². The highest BCUT2D eigenvalue weighted by atomic mass is 32.1. The molecular formula is C18H24N4O2S2. The zero-order valence-electron chi connectivity index (χ0n) is 15.1. The molecule has 0 aliphatic heterocycles. The minimum atomic E-state index is -0.288. The molecule has 26 heavy (non-hydrogen) atoms. The first kappa shape index (κ1) is 18.8. The van der Waals surface area contributed by atoms with Crippen molar-refractivity contribution in [2.24, 2.45) is 0 Å². The van der Waals surface area contributed by atoms with E-state index in [0.717, 1.165) is 54.9 Å². The van der Waals surface area contributed by atoms with E-state index >= 15 is 0 Å². The fourth-order valence-corrected chi connectivity index (χ4v) is 4.70. The number of carbonyl (C=O) groups is 1. The number of nitrogens with zero attached hydrogens (tertiary/aromatic N) is 2. The minimum Gasteiger partial charge on any atom is -0.465 e. The average Bonchev–Trinajstić information content (AvgIpc) is 3.21. The Balaban J connectivity index is 1.56. The van der Waals surface area contributed by atoms with Crippen LogP contribution in [0, 0.1) is 6.92 Å². The van der Waals surface area contributed by atoms with Crippen LogP contribution in [0.25, 0.3) is 0 Å². The fourth-order valence-electron chi connectivity index (χ4n) is 3.15. The highest BCUT2D eigenvalue weighted by Crippen LogP contribution is 2.38. The molecule has 8 heteroatoms. The second-order valence-electron chi connectivity index (χ2n) is 6.42. The second-order valence-corrected chi connectivity index (χ2v) is 7.94. The molecule has 2 heterocycles. The largest absolute Gasteiger partial charge is 0.465 e. The average molecular weight is 393 g/mol. The predicted molar refractivity (Wildman–Crippen MR) is 108 cm³/mol. The van der Waals surface area contributed by atoms with E-state index in [1.807, 2.05) is 24.0 Å². The quantitative estimate of drug-likeness (QED) is 0.447. The Morgan fingerprint density at radius 3 is 2.96 bits per heavy atom. The first-order valence-corrected chi connectivity index (χ1v) is 10.1. The first-order valence-electron chi connectivity index (χ1n) is 8.85. The Hall–Kier alpha value is -1.93. The summed E-state index contributed by atoms with van der Waals surface area (Å²) in [5.74, 6) is -0.288. The van der Waals surface area contributed by atoms with E-state index in [0.29, 0.717) is 10.7 Å². The Kier molecular flexibility index (Phi) is 6.26. The van der Waals surface area contributed by atoms with Crippen molar-refractivity contribution in [1.29, 1.82) is 0 Å². The van der Waals surface area contributed by atoms with Crippen molar-refractivity contribution in [1.82, 2.24) is 15.1 Å². The van der Waals surface area contributed by atoms with Crippen molar-refractivity contribution in [3.05, 3.63) is 34.0 Å². The number of hydrogen-bond donors (Lipinski definition) is 2. The van der Waals surface area contributed by atoms with E-state index in [1.165, 1.54) is 18.4 Å². The van der Waals surface area contributed by atoms with Crippen LogP contribution in [0.4, 0.5) is 5.00 Å². The molecule has 0 spiro atoms. The van der Waals surface area contributed by atoms with Crippen LogP contribution in [-0.4, -0.2) is 34.5 Å². The second kappa shape index (κ2) is 8.64. The van der Waals surface area contributed by atoms with Gasteiger partial charge in [-0.25, -0.2) is 4.79 Å². The molecule has 1 aliphatic carbocycles. The van der Waals surface area contributed by atoms with Gasteiger partial charge in [0.15, 0.2) is 5.11 Å². The van der Waals surface area contributed by atoms with E-state index in [-0.39, 0.29) is 5.97 Å². The van der Waals surface area contributed by atoms with Crippen molar-refractivity contribution in [3.8, 4) is 0 Å². The molecule has 0 amide bonds. The minimum absolute atomic E-state index is 0.288. The van der Waals surface area contributed by atoms with Crippen LogP contribution in [0.1, 0.15) is 45.6 Å². The third-order valence-electron chi connectivity index (χ3n) is 4.40. The summed E-state index contributed by atoms with van der Waals surface area (Å²) in [7, 11) is 1.42. The maximum atomic E-state index is 12.2. The monoisotopic (exact) mass is 392 g/mol. The van der Waals surface area contributed by atoms with E-state index < -0.39 is 0 Å². The Morgan fingerprint density at radius 2 is 2.23 bits per heavy atom. The van der Waals surface area contributed by atoms with Crippen LogP contribution in [0.5, 0.6) is 0 Å². The van der Waals surface area contributed by atoms with Gasteiger partial charge in [0.1, 0.15) is 5.00 Å². The van der Waals surface area contributed by atoms with Gasteiger partial charge >= 0.3 is 5.97 Å². The molecule has 2 N–H and O–H groups in total. The van der Waals surface area contributed by atoms with E-state index in [9.17, 15) is 4.79 Å². The molecule has 0 aromatic carbocycles. The molecular weight excluding hydrogens is 368 g/mol. The molecule has 2 aromatic heterocycles. The van der Waals surface area contributed by atoms with E-state index in [4.69, 9.17) is 17.0 Å².